The van der Waals surface area contributed by atoms with Gasteiger partial charge in [-0.05, 0) is 58.9 Å². The van der Waals surface area contributed by atoms with Crippen molar-refractivity contribution in [2.45, 2.75) is 52.4 Å². The first-order valence-electron chi connectivity index (χ1n) is 7.78. The molecular weight excluding hydrogens is 348 g/mol. The summed E-state index contributed by atoms with van der Waals surface area (Å²) < 4.78 is 10.7. The van der Waals surface area contributed by atoms with Crippen molar-refractivity contribution in [3.8, 4) is 5.75 Å². The monoisotopic (exact) mass is 370 g/mol. The molecule has 8 heteroatoms. The number of nitrogens with one attached hydrogen (secondary N) is 2. The first-order valence-corrected chi connectivity index (χ1v) is 8.16. The highest BCUT2D eigenvalue weighted by atomic mass is 35.5. The summed E-state index contributed by atoms with van der Waals surface area (Å²) in [5, 5.41) is 5.14. The van der Waals surface area contributed by atoms with Gasteiger partial charge in [-0.25, -0.2) is 9.59 Å². The van der Waals surface area contributed by atoms with Gasteiger partial charge < -0.3 is 14.8 Å². The highest BCUT2D eigenvalue weighted by Gasteiger charge is 2.34. The molecule has 0 spiro atoms. The van der Waals surface area contributed by atoms with Gasteiger partial charge in [0, 0.05) is 11.1 Å². The third kappa shape index (κ3) is 7.01. The van der Waals surface area contributed by atoms with Crippen LogP contribution >= 0.6 is 11.6 Å². The number of halogens is 1. The van der Waals surface area contributed by atoms with E-state index >= 15 is 0 Å². The van der Waals surface area contributed by atoms with E-state index in [0.29, 0.717) is 10.8 Å². The molecule has 0 saturated heterocycles. The maximum Gasteiger partial charge on any atom is 0.350 e. The molecule has 0 aliphatic carbocycles. The van der Waals surface area contributed by atoms with Gasteiger partial charge in [-0.3, -0.25) is 10.1 Å². The van der Waals surface area contributed by atoms with Crippen LogP contribution in [0, 0.1) is 0 Å². The van der Waals surface area contributed by atoms with E-state index in [1.807, 2.05) is 0 Å². The number of hydrogen-bond donors (Lipinski definition) is 2. The zero-order valence-corrected chi connectivity index (χ0v) is 15.6. The number of benzene rings is 1. The first kappa shape index (κ1) is 20.8. The number of imide groups is 1. The molecule has 3 amide bonds. The second kappa shape index (κ2) is 8.71. The van der Waals surface area contributed by atoms with Gasteiger partial charge in [0.2, 0.25) is 0 Å². The number of hydrogen-bond acceptors (Lipinski definition) is 5. The highest BCUT2D eigenvalue weighted by Crippen LogP contribution is 2.22. The van der Waals surface area contributed by atoms with E-state index in [-0.39, 0.29) is 6.04 Å². The summed E-state index contributed by atoms with van der Waals surface area (Å²) in [6.07, 6.45) is -1.15. The normalized spacial score (nSPS) is 12.3. The number of esters is 1. The molecule has 1 unspecified atom stereocenters. The second-order valence-electron chi connectivity index (χ2n) is 6.23. The van der Waals surface area contributed by atoms with Gasteiger partial charge in [-0.15, -0.1) is 0 Å². The van der Waals surface area contributed by atoms with Gasteiger partial charge in [0.1, 0.15) is 5.75 Å². The first-order chi connectivity index (χ1) is 11.5. The van der Waals surface area contributed by atoms with E-state index < -0.39 is 29.6 Å². The molecule has 25 heavy (non-hydrogen) atoms. The molecule has 1 aromatic rings. The van der Waals surface area contributed by atoms with Crippen LogP contribution < -0.4 is 15.4 Å². The molecule has 138 valence electrons. The summed E-state index contributed by atoms with van der Waals surface area (Å²) in [6, 6.07) is 5.70. The summed E-state index contributed by atoms with van der Waals surface area (Å²) in [5.41, 5.74) is -1.33. The number of amides is 3. The summed E-state index contributed by atoms with van der Waals surface area (Å²) in [4.78, 5) is 35.6. The molecule has 0 radical (unpaired) electrons. The van der Waals surface area contributed by atoms with Crippen LogP contribution in [0.3, 0.4) is 0 Å². The molecule has 7 nitrogen and oxygen atoms in total. The Hall–Kier alpha value is -2.28. The molecule has 0 saturated carbocycles. The molecular formula is C17H23ClN2O5. The fraction of sp³-hybridized carbons (Fsp3) is 0.471. The molecule has 0 aromatic heterocycles. The van der Waals surface area contributed by atoms with Gasteiger partial charge in [0.25, 0.3) is 5.91 Å². The lowest BCUT2D eigenvalue weighted by molar-refractivity contribution is -0.167. The van der Waals surface area contributed by atoms with Crippen molar-refractivity contribution < 1.29 is 23.9 Å². The number of carbonyl (C=O) groups is 3. The molecule has 0 heterocycles. The Morgan fingerprint density at radius 2 is 1.64 bits per heavy atom. The van der Waals surface area contributed by atoms with Crippen molar-refractivity contribution in [1.29, 1.82) is 0 Å². The Morgan fingerprint density at radius 1 is 1.08 bits per heavy atom. The lowest BCUT2D eigenvalue weighted by Crippen LogP contribution is -2.48. The zero-order valence-electron chi connectivity index (χ0n) is 14.9. The minimum absolute atomic E-state index is 0.127. The molecule has 2 N–H and O–H groups in total. The van der Waals surface area contributed by atoms with E-state index in [1.165, 1.54) is 20.8 Å². The fourth-order valence-corrected chi connectivity index (χ4v) is 1.83. The van der Waals surface area contributed by atoms with E-state index in [2.05, 4.69) is 10.6 Å². The minimum atomic E-state index is -1.33. The SMILES string of the molecule is CC(C)NC(=O)NC(=O)C(C)OC(=O)C(C)(C)Oc1ccc(Cl)cc1. The predicted octanol–water partition coefficient (Wildman–Crippen LogP) is 2.66. The molecule has 0 aliphatic rings. The van der Waals surface area contributed by atoms with Gasteiger partial charge in [0.05, 0.1) is 0 Å². The zero-order chi connectivity index (χ0) is 19.2. The third-order valence-corrected chi connectivity index (χ3v) is 3.24. The summed E-state index contributed by atoms with van der Waals surface area (Å²) in [6.45, 7) is 7.91. The number of rotatable bonds is 6. The number of urea groups is 1. The molecule has 0 aliphatic heterocycles. The highest BCUT2D eigenvalue weighted by molar-refractivity contribution is 6.30. The number of carbonyl (C=O) groups excluding carboxylic acids is 3. The Kier molecular flexibility index (Phi) is 7.23. The molecule has 0 fully saturated rings. The maximum atomic E-state index is 12.3. The van der Waals surface area contributed by atoms with Gasteiger partial charge in [-0.2, -0.15) is 0 Å². The smallest absolute Gasteiger partial charge is 0.350 e. The molecule has 1 atom stereocenters. The van der Waals surface area contributed by atoms with Gasteiger partial charge >= 0.3 is 12.0 Å². The minimum Gasteiger partial charge on any atom is -0.476 e. The van der Waals surface area contributed by atoms with Crippen molar-refractivity contribution in [3.63, 3.8) is 0 Å². The molecule has 1 aromatic carbocycles. The Morgan fingerprint density at radius 3 is 2.16 bits per heavy atom. The van der Waals surface area contributed by atoms with Crippen LogP contribution in [0.2, 0.25) is 5.02 Å². The number of ether oxygens (including phenoxy) is 2. The van der Waals surface area contributed by atoms with E-state index in [0.717, 1.165) is 0 Å². The lowest BCUT2D eigenvalue weighted by Gasteiger charge is -2.26. The van der Waals surface area contributed by atoms with Crippen LogP contribution in [-0.4, -0.2) is 35.7 Å². The quantitative estimate of drug-likeness (QED) is 0.751. The van der Waals surface area contributed by atoms with Crippen LogP contribution in [0.25, 0.3) is 0 Å². The van der Waals surface area contributed by atoms with Crippen LogP contribution in [0.4, 0.5) is 4.79 Å². The Balaban J connectivity index is 2.61. The van der Waals surface area contributed by atoms with Crippen LogP contribution in [0.15, 0.2) is 24.3 Å². The maximum absolute atomic E-state index is 12.3. The average Bonchev–Trinajstić information content (AvgIpc) is 2.48. The van der Waals surface area contributed by atoms with Crippen LogP contribution in [-0.2, 0) is 14.3 Å². The van der Waals surface area contributed by atoms with Gasteiger partial charge in [-0.1, -0.05) is 11.6 Å². The average molecular weight is 371 g/mol. The summed E-state index contributed by atoms with van der Waals surface area (Å²) >= 11 is 5.80. The van der Waals surface area contributed by atoms with E-state index in [9.17, 15) is 14.4 Å². The third-order valence-electron chi connectivity index (χ3n) is 2.99. The summed E-state index contributed by atoms with van der Waals surface area (Å²) in [5.74, 6) is -1.04. The second-order valence-corrected chi connectivity index (χ2v) is 6.67. The van der Waals surface area contributed by atoms with Crippen molar-refractivity contribution in [2.24, 2.45) is 0 Å². The van der Waals surface area contributed by atoms with Crippen molar-refractivity contribution in [1.82, 2.24) is 10.6 Å². The van der Waals surface area contributed by atoms with Crippen molar-refractivity contribution >= 4 is 29.5 Å². The summed E-state index contributed by atoms with van der Waals surface area (Å²) in [7, 11) is 0. The van der Waals surface area contributed by atoms with Gasteiger partial charge in [0.15, 0.2) is 11.7 Å². The largest absolute Gasteiger partial charge is 0.476 e. The van der Waals surface area contributed by atoms with Crippen molar-refractivity contribution in [3.05, 3.63) is 29.3 Å². The fourth-order valence-electron chi connectivity index (χ4n) is 1.71. The standard InChI is InChI=1S/C17H23ClN2O5/c1-10(2)19-16(23)20-14(21)11(3)24-15(22)17(4,5)25-13-8-6-12(18)7-9-13/h6-11H,1-5H3,(H2,19,20,21,23). The predicted molar refractivity (Wildman–Crippen MR) is 93.5 cm³/mol. The molecule has 1 rings (SSSR count). The Labute approximate surface area is 152 Å². The van der Waals surface area contributed by atoms with Crippen molar-refractivity contribution in [2.75, 3.05) is 0 Å². The Bertz CT molecular complexity index is 628. The van der Waals surface area contributed by atoms with E-state index in [1.54, 1.807) is 38.1 Å². The topological polar surface area (TPSA) is 93.7 Å². The van der Waals surface area contributed by atoms with E-state index in [4.69, 9.17) is 21.1 Å². The lowest BCUT2D eigenvalue weighted by atomic mass is 10.1. The molecule has 0 bridgehead atoms. The van der Waals surface area contributed by atoms with Crippen LogP contribution in [0.1, 0.15) is 34.6 Å². The van der Waals surface area contributed by atoms with Crippen LogP contribution in [0.5, 0.6) is 5.75 Å².